The van der Waals surface area contributed by atoms with E-state index in [1.807, 2.05) is 6.08 Å². The fourth-order valence-electron chi connectivity index (χ4n) is 2.69. The smallest absolute Gasteiger partial charge is 0.0111 e. The molecule has 0 heterocycles. The summed E-state index contributed by atoms with van der Waals surface area (Å²) in [6, 6.07) is 15.0. The molecule has 2 rings (SSSR count). The summed E-state index contributed by atoms with van der Waals surface area (Å²) in [4.78, 5) is 0. The number of hydrogen-bond donors (Lipinski definition) is 0. The van der Waals surface area contributed by atoms with Crippen LogP contribution in [0, 0.1) is 0 Å². The molecule has 0 atom stereocenters. The number of hydrogen-bond acceptors (Lipinski definition) is 0. The Labute approximate surface area is 122 Å². The summed E-state index contributed by atoms with van der Waals surface area (Å²) in [5.74, 6) is 0. The molecule has 20 heavy (non-hydrogen) atoms. The van der Waals surface area contributed by atoms with Gasteiger partial charge in [0.15, 0.2) is 0 Å². The Kier molecular flexibility index (Phi) is 4.57. The van der Waals surface area contributed by atoms with Crippen molar-refractivity contribution in [2.24, 2.45) is 0 Å². The molecule has 2 aromatic rings. The van der Waals surface area contributed by atoms with Crippen molar-refractivity contribution in [3.8, 4) is 0 Å². The first-order chi connectivity index (χ1) is 9.67. The highest BCUT2D eigenvalue weighted by Crippen LogP contribution is 2.25. The van der Waals surface area contributed by atoms with E-state index in [9.17, 15) is 0 Å². The van der Waals surface area contributed by atoms with Gasteiger partial charge in [-0.1, -0.05) is 68.1 Å². The third-order valence-electron chi connectivity index (χ3n) is 3.81. The second-order valence-corrected chi connectivity index (χ2v) is 5.11. The molecular weight excluding hydrogens is 240 g/mol. The predicted molar refractivity (Wildman–Crippen MR) is 90.8 cm³/mol. The van der Waals surface area contributed by atoms with Gasteiger partial charge in [-0.3, -0.25) is 0 Å². The van der Waals surface area contributed by atoms with Crippen LogP contribution in [0.15, 0.2) is 71.8 Å². The topological polar surface area (TPSA) is 0 Å². The van der Waals surface area contributed by atoms with E-state index < -0.39 is 0 Å². The summed E-state index contributed by atoms with van der Waals surface area (Å²) in [6.45, 7) is 10.4. The van der Waals surface area contributed by atoms with Crippen LogP contribution < -0.4 is 0 Å². The van der Waals surface area contributed by atoms with Crippen LogP contribution in [0.5, 0.6) is 0 Å². The van der Waals surface area contributed by atoms with Crippen molar-refractivity contribution < 1.29 is 0 Å². The van der Waals surface area contributed by atoms with E-state index >= 15 is 0 Å². The van der Waals surface area contributed by atoms with Gasteiger partial charge < -0.3 is 0 Å². The minimum absolute atomic E-state index is 1.03. The third kappa shape index (κ3) is 2.91. The molecule has 0 heteroatoms. The van der Waals surface area contributed by atoms with Crippen molar-refractivity contribution in [2.45, 2.75) is 27.2 Å². The van der Waals surface area contributed by atoms with E-state index in [2.05, 4.69) is 75.9 Å². The van der Waals surface area contributed by atoms with Crippen LogP contribution in [0.1, 0.15) is 32.8 Å². The minimum atomic E-state index is 1.03. The minimum Gasteiger partial charge on any atom is -0.0988 e. The van der Waals surface area contributed by atoms with Gasteiger partial charge in [0.2, 0.25) is 0 Å². The molecule has 0 amide bonds. The fourth-order valence-corrected chi connectivity index (χ4v) is 2.69. The largest absolute Gasteiger partial charge is 0.0988 e. The van der Waals surface area contributed by atoms with Gasteiger partial charge in [-0.15, -0.1) is 0 Å². The zero-order chi connectivity index (χ0) is 14.5. The molecule has 0 aliphatic heterocycles. The summed E-state index contributed by atoms with van der Waals surface area (Å²) in [7, 11) is 0. The lowest BCUT2D eigenvalue weighted by Crippen LogP contribution is -1.89. The monoisotopic (exact) mass is 262 g/mol. The summed E-state index contributed by atoms with van der Waals surface area (Å²) in [6.07, 6.45) is 5.26. The molecule has 0 aromatic heterocycles. The first-order valence-corrected chi connectivity index (χ1v) is 7.16. The molecule has 0 N–H and O–H groups in total. The van der Waals surface area contributed by atoms with Gasteiger partial charge in [-0.25, -0.2) is 0 Å². The van der Waals surface area contributed by atoms with E-state index in [0.717, 1.165) is 6.42 Å². The average molecular weight is 262 g/mol. The summed E-state index contributed by atoms with van der Waals surface area (Å²) >= 11 is 0. The summed E-state index contributed by atoms with van der Waals surface area (Å²) < 4.78 is 0. The quantitative estimate of drug-likeness (QED) is 0.579. The number of rotatable bonds is 4. The molecule has 0 saturated heterocycles. The molecule has 0 radical (unpaired) electrons. The highest BCUT2D eigenvalue weighted by Gasteiger charge is 2.03. The van der Waals surface area contributed by atoms with Gasteiger partial charge in [0, 0.05) is 0 Å². The maximum atomic E-state index is 3.88. The lowest BCUT2D eigenvalue weighted by Gasteiger charge is -2.10. The van der Waals surface area contributed by atoms with E-state index in [1.165, 1.54) is 33.1 Å². The van der Waals surface area contributed by atoms with Crippen molar-refractivity contribution in [3.63, 3.8) is 0 Å². The first-order valence-electron chi connectivity index (χ1n) is 7.16. The zero-order valence-electron chi connectivity index (χ0n) is 12.6. The van der Waals surface area contributed by atoms with Crippen molar-refractivity contribution in [1.29, 1.82) is 0 Å². The molecule has 0 fully saturated rings. The maximum Gasteiger partial charge on any atom is -0.0111 e. The van der Waals surface area contributed by atoms with Crippen LogP contribution in [-0.4, -0.2) is 0 Å². The van der Waals surface area contributed by atoms with Gasteiger partial charge >= 0.3 is 0 Å². The Morgan fingerprint density at radius 3 is 2.45 bits per heavy atom. The predicted octanol–water partition coefficient (Wildman–Crippen LogP) is 6.16. The second-order valence-electron chi connectivity index (χ2n) is 5.11. The van der Waals surface area contributed by atoms with E-state index in [4.69, 9.17) is 0 Å². The number of fused-ring (bicyclic) bond motifs is 1. The maximum absolute atomic E-state index is 3.88. The van der Waals surface area contributed by atoms with E-state index in [-0.39, 0.29) is 0 Å². The lowest BCUT2D eigenvalue weighted by atomic mass is 9.96. The van der Waals surface area contributed by atoms with Crippen molar-refractivity contribution in [3.05, 3.63) is 77.4 Å². The fraction of sp³-hybridized carbons (Fsp3) is 0.200. The number of allylic oxidation sites excluding steroid dienone is 4. The van der Waals surface area contributed by atoms with Crippen LogP contribution in [0.4, 0.5) is 0 Å². The SMILES string of the molecule is C=C/C(C)=C(CC)\C(C)=C/c1cccc2ccccc12. The second kappa shape index (κ2) is 6.38. The Bertz CT molecular complexity index is 679. The molecule has 0 aliphatic rings. The Balaban J connectivity index is 2.55. The van der Waals surface area contributed by atoms with Gasteiger partial charge in [0.05, 0.1) is 0 Å². The molecule has 102 valence electrons. The van der Waals surface area contributed by atoms with E-state index in [0.29, 0.717) is 0 Å². The van der Waals surface area contributed by atoms with Crippen LogP contribution in [0.25, 0.3) is 16.8 Å². The molecule has 0 bridgehead atoms. The molecule has 0 nitrogen and oxygen atoms in total. The zero-order valence-corrected chi connectivity index (χ0v) is 12.6. The van der Waals surface area contributed by atoms with Crippen LogP contribution in [-0.2, 0) is 0 Å². The number of benzene rings is 2. The van der Waals surface area contributed by atoms with Crippen LogP contribution in [0.3, 0.4) is 0 Å². The Morgan fingerprint density at radius 2 is 1.75 bits per heavy atom. The van der Waals surface area contributed by atoms with Crippen molar-refractivity contribution in [2.75, 3.05) is 0 Å². The van der Waals surface area contributed by atoms with Gasteiger partial charge in [0.1, 0.15) is 0 Å². The summed E-state index contributed by atoms with van der Waals surface area (Å²) in [5, 5.41) is 2.59. The Hall–Kier alpha value is -2.08. The van der Waals surface area contributed by atoms with Crippen LogP contribution in [0.2, 0.25) is 0 Å². The lowest BCUT2D eigenvalue weighted by molar-refractivity contribution is 1.08. The molecule has 0 unspecified atom stereocenters. The average Bonchev–Trinajstić information content (AvgIpc) is 2.48. The normalized spacial score (nSPS) is 13.2. The third-order valence-corrected chi connectivity index (χ3v) is 3.81. The molecular formula is C20H22. The van der Waals surface area contributed by atoms with E-state index in [1.54, 1.807) is 0 Å². The van der Waals surface area contributed by atoms with Crippen molar-refractivity contribution >= 4 is 16.8 Å². The van der Waals surface area contributed by atoms with Crippen LogP contribution >= 0.6 is 0 Å². The Morgan fingerprint density at radius 1 is 1.05 bits per heavy atom. The van der Waals surface area contributed by atoms with Gasteiger partial charge in [0.25, 0.3) is 0 Å². The molecule has 2 aromatic carbocycles. The van der Waals surface area contributed by atoms with Crippen molar-refractivity contribution in [1.82, 2.24) is 0 Å². The molecule has 0 aliphatic carbocycles. The van der Waals surface area contributed by atoms with Gasteiger partial charge in [-0.2, -0.15) is 0 Å². The standard InChI is InChI=1S/C20H22/c1-5-15(3)19(6-2)16(4)14-18-12-9-11-17-10-7-8-13-20(17)18/h5,7-14H,1,6H2,2-4H3/b16-14-,19-15-. The summed E-state index contributed by atoms with van der Waals surface area (Å²) in [5.41, 5.74) is 5.25. The first kappa shape index (κ1) is 14.3. The molecule has 0 spiro atoms. The highest BCUT2D eigenvalue weighted by molar-refractivity contribution is 5.91. The highest BCUT2D eigenvalue weighted by atomic mass is 14.1. The molecule has 0 saturated carbocycles. The van der Waals surface area contributed by atoms with Gasteiger partial charge in [-0.05, 0) is 53.3 Å².